The zero-order chi connectivity index (χ0) is 26.4. The van der Waals surface area contributed by atoms with E-state index in [1.54, 1.807) is 29.6 Å². The van der Waals surface area contributed by atoms with E-state index < -0.39 is 0 Å². The summed E-state index contributed by atoms with van der Waals surface area (Å²) in [6.07, 6.45) is 6.93. The van der Waals surface area contributed by atoms with Gasteiger partial charge in [0.1, 0.15) is 23.2 Å². The molecule has 2 aromatic carbocycles. The van der Waals surface area contributed by atoms with E-state index in [9.17, 15) is 4.79 Å². The number of nitrogens with two attached hydrogens (primary N) is 1. The summed E-state index contributed by atoms with van der Waals surface area (Å²) < 4.78 is 7.42. The fourth-order valence-corrected chi connectivity index (χ4v) is 4.12. The van der Waals surface area contributed by atoms with Crippen molar-refractivity contribution in [1.82, 2.24) is 20.0 Å². The number of hydroxylamine groups is 2. The normalized spacial score (nSPS) is 15.3. The first-order valence-electron chi connectivity index (χ1n) is 11.6. The molecule has 1 fully saturated rings. The highest BCUT2D eigenvalue weighted by molar-refractivity contribution is 6.05. The second-order valence-electron chi connectivity index (χ2n) is 8.19. The number of aromatic nitrogens is 2. The molecule has 11 nitrogen and oxygen atoms in total. The van der Waals surface area contributed by atoms with Crippen LogP contribution in [0.3, 0.4) is 0 Å². The number of benzene rings is 2. The minimum Gasteiger partial charge on any atom is -0.494 e. The third kappa shape index (κ3) is 5.63. The Morgan fingerprint density at radius 2 is 2.05 bits per heavy atom. The quantitative estimate of drug-likeness (QED) is 0.0985. The predicted molar refractivity (Wildman–Crippen MR) is 142 cm³/mol. The van der Waals surface area contributed by atoms with Crippen LogP contribution < -0.4 is 26.6 Å². The number of carbonyl (C=O) groups excluding carboxylic acids is 1. The Bertz CT molecular complexity index is 1320. The van der Waals surface area contributed by atoms with Gasteiger partial charge in [0.2, 0.25) is 5.91 Å². The van der Waals surface area contributed by atoms with Crippen LogP contribution in [0.2, 0.25) is 0 Å². The van der Waals surface area contributed by atoms with Crippen LogP contribution in [0, 0.1) is 12.3 Å². The number of methoxy groups -OCH3 is 1. The van der Waals surface area contributed by atoms with Gasteiger partial charge in [0.25, 0.3) is 0 Å². The molecule has 0 spiro atoms. The van der Waals surface area contributed by atoms with Crippen molar-refractivity contribution >= 4 is 23.1 Å². The molecule has 192 valence electrons. The van der Waals surface area contributed by atoms with E-state index in [0.29, 0.717) is 35.2 Å². The molecule has 37 heavy (non-hydrogen) atoms. The molecule has 1 atom stereocenters. The molecule has 1 aromatic heterocycles. The molecule has 6 N–H and O–H groups in total. The van der Waals surface area contributed by atoms with Crippen molar-refractivity contribution in [3.05, 3.63) is 90.8 Å². The van der Waals surface area contributed by atoms with Crippen molar-refractivity contribution in [2.45, 2.75) is 19.4 Å². The Morgan fingerprint density at radius 3 is 2.70 bits per heavy atom. The summed E-state index contributed by atoms with van der Waals surface area (Å²) in [4.78, 5) is 22.2. The van der Waals surface area contributed by atoms with E-state index in [1.807, 2.05) is 41.8 Å². The number of nitrogens with zero attached hydrogens (tertiary/aromatic N) is 3. The van der Waals surface area contributed by atoms with Gasteiger partial charge in [0.05, 0.1) is 36.8 Å². The maximum Gasteiger partial charge on any atom is 0.247 e. The molecule has 0 aliphatic carbocycles. The summed E-state index contributed by atoms with van der Waals surface area (Å²) >= 11 is 0. The molecule has 1 aliphatic heterocycles. The minimum atomic E-state index is -0.377. The van der Waals surface area contributed by atoms with Crippen LogP contribution in [0.1, 0.15) is 23.9 Å². The number of hydrogen-bond acceptors (Lipinski definition) is 8. The lowest BCUT2D eigenvalue weighted by molar-refractivity contribution is -0.111. The highest BCUT2D eigenvalue weighted by Crippen LogP contribution is 2.35. The molecule has 4 rings (SSSR count). The van der Waals surface area contributed by atoms with E-state index in [0.717, 1.165) is 17.8 Å². The summed E-state index contributed by atoms with van der Waals surface area (Å²) in [5.74, 6) is 7.05. The monoisotopic (exact) mass is 502 g/mol. The molecule has 11 heteroatoms. The zero-order valence-electron chi connectivity index (χ0n) is 20.7. The van der Waals surface area contributed by atoms with Crippen molar-refractivity contribution in [3.8, 4) is 11.4 Å². The van der Waals surface area contributed by atoms with Gasteiger partial charge in [0, 0.05) is 31.0 Å². The Kier molecular flexibility index (Phi) is 7.86. The summed E-state index contributed by atoms with van der Waals surface area (Å²) in [5, 5.41) is 16.1. The van der Waals surface area contributed by atoms with Crippen LogP contribution in [0.15, 0.2) is 79.4 Å². The van der Waals surface area contributed by atoms with E-state index >= 15 is 0 Å². The van der Waals surface area contributed by atoms with Gasteiger partial charge in [-0.1, -0.05) is 36.9 Å². The van der Waals surface area contributed by atoms with Crippen LogP contribution in [0.25, 0.3) is 5.69 Å². The molecule has 0 radical (unpaired) electrons. The van der Waals surface area contributed by atoms with Gasteiger partial charge in [-0.25, -0.2) is 15.9 Å². The highest BCUT2D eigenvalue weighted by Gasteiger charge is 2.29. The summed E-state index contributed by atoms with van der Waals surface area (Å²) in [6.45, 7) is 5.90. The fraction of sp³-hybridized carbons (Fsp3) is 0.192. The van der Waals surface area contributed by atoms with E-state index in [2.05, 4.69) is 27.6 Å². The largest absolute Gasteiger partial charge is 0.494 e. The number of ether oxygens (including phenoxy) is 1. The number of amidine groups is 1. The standard InChI is InChI=1S/C26H30N8O3/c1-4-26(35)31-19-14-20(23(36-3)15-22(19)33-12-11-29-17(33)2)30-24(27)16-25(32-28)34-21(10-13-37-34)18-8-6-5-7-9-18/h4-9,11-12,14-16,21,32H,1,10,13,28H2,2-3H3,(H2,27,30)(H,31,35)/b25-16+/t21-/m1/s1. The van der Waals surface area contributed by atoms with Crippen LogP contribution in [0.4, 0.5) is 11.4 Å². The van der Waals surface area contributed by atoms with Crippen LogP contribution >= 0.6 is 0 Å². The van der Waals surface area contributed by atoms with Crippen LogP contribution in [0.5, 0.6) is 5.75 Å². The fourth-order valence-electron chi connectivity index (χ4n) is 4.12. The summed E-state index contributed by atoms with van der Waals surface area (Å²) in [5.41, 5.74) is 5.31. The molecule has 0 unspecified atom stereocenters. The number of hydrogen-bond donors (Lipinski definition) is 5. The molecule has 0 bridgehead atoms. The van der Waals surface area contributed by atoms with Crippen LogP contribution in [-0.2, 0) is 9.63 Å². The van der Waals surface area contributed by atoms with Gasteiger partial charge in [-0.2, -0.15) is 0 Å². The Balaban J connectivity index is 1.64. The number of aryl methyl sites for hydroxylation is 1. The Hall–Kier alpha value is -4.61. The van der Waals surface area contributed by atoms with Gasteiger partial charge in [-0.15, -0.1) is 0 Å². The first-order valence-corrected chi connectivity index (χ1v) is 11.6. The van der Waals surface area contributed by atoms with Crippen LogP contribution in [-0.4, -0.2) is 40.1 Å². The number of carbonyl (C=O) groups is 1. The third-order valence-corrected chi connectivity index (χ3v) is 5.87. The average molecular weight is 503 g/mol. The predicted octanol–water partition coefficient (Wildman–Crippen LogP) is 3.39. The lowest BCUT2D eigenvalue weighted by atomic mass is 10.0. The summed E-state index contributed by atoms with van der Waals surface area (Å²) in [7, 11) is 1.53. The molecule has 0 saturated carbocycles. The molecule has 1 amide bonds. The van der Waals surface area contributed by atoms with Gasteiger partial charge in [-0.05, 0) is 24.6 Å². The lowest BCUT2D eigenvalue weighted by Gasteiger charge is -2.27. The smallest absolute Gasteiger partial charge is 0.247 e. The number of rotatable bonds is 9. The van der Waals surface area contributed by atoms with Gasteiger partial charge in [-0.3, -0.25) is 15.0 Å². The van der Waals surface area contributed by atoms with E-state index in [-0.39, 0.29) is 17.8 Å². The maximum absolute atomic E-state index is 12.2. The van der Waals surface area contributed by atoms with Gasteiger partial charge in [0.15, 0.2) is 0 Å². The van der Waals surface area contributed by atoms with Crippen molar-refractivity contribution in [3.63, 3.8) is 0 Å². The van der Waals surface area contributed by atoms with Crippen molar-refractivity contribution in [1.29, 1.82) is 5.41 Å². The molecular weight excluding hydrogens is 472 g/mol. The second kappa shape index (κ2) is 11.4. The molecule has 2 heterocycles. The average Bonchev–Trinajstić information content (AvgIpc) is 3.57. The number of hydrazine groups is 1. The first-order chi connectivity index (χ1) is 17.9. The molecular formula is C26H30N8O3. The lowest BCUT2D eigenvalue weighted by Crippen LogP contribution is -2.35. The van der Waals surface area contributed by atoms with E-state index in [4.69, 9.17) is 20.8 Å². The molecule has 1 saturated heterocycles. The van der Waals surface area contributed by atoms with Gasteiger partial charge >= 0.3 is 0 Å². The second-order valence-corrected chi connectivity index (χ2v) is 8.19. The number of anilines is 2. The number of imidazole rings is 1. The maximum atomic E-state index is 12.2. The van der Waals surface area contributed by atoms with Crippen molar-refractivity contribution in [2.75, 3.05) is 24.4 Å². The Morgan fingerprint density at radius 1 is 1.27 bits per heavy atom. The number of nitrogens with one attached hydrogen (secondary N) is 4. The minimum absolute atomic E-state index is 0.0149. The number of amides is 1. The van der Waals surface area contributed by atoms with Crippen molar-refractivity contribution in [2.24, 2.45) is 5.84 Å². The van der Waals surface area contributed by atoms with E-state index in [1.165, 1.54) is 19.3 Å². The zero-order valence-corrected chi connectivity index (χ0v) is 20.7. The van der Waals surface area contributed by atoms with Crippen molar-refractivity contribution < 1.29 is 14.4 Å². The SMILES string of the molecule is C=CC(=O)Nc1cc(NC(=N)/C=C(\NN)N2OCC[C@@H]2c2ccccc2)c(OC)cc1-n1ccnc1C. The third-order valence-electron chi connectivity index (χ3n) is 5.87. The highest BCUT2D eigenvalue weighted by atomic mass is 16.7. The molecule has 3 aromatic rings. The molecule has 1 aliphatic rings. The summed E-state index contributed by atoms with van der Waals surface area (Å²) in [6, 6.07) is 13.3. The Labute approximate surface area is 215 Å². The van der Waals surface area contributed by atoms with Gasteiger partial charge < -0.3 is 25.4 Å². The first kappa shape index (κ1) is 25.5. The topological polar surface area (TPSA) is 143 Å².